The monoisotopic (exact) mass is 446 g/mol. The second-order valence-corrected chi connectivity index (χ2v) is 9.65. The largest absolute Gasteiger partial charge is 0.367 e. The fourth-order valence-corrected chi connectivity index (χ4v) is 5.18. The van der Waals surface area contributed by atoms with Crippen molar-refractivity contribution in [2.45, 2.75) is 18.7 Å². The van der Waals surface area contributed by atoms with Crippen molar-refractivity contribution in [3.8, 4) is 0 Å². The highest BCUT2D eigenvalue weighted by molar-refractivity contribution is 7.90. The van der Waals surface area contributed by atoms with Crippen LogP contribution < -0.4 is 10.2 Å². The number of nitrogens with zero attached hydrogens (tertiary/aromatic N) is 3. The number of carbonyl (C=O) groups excluding carboxylic acids is 1. The number of nitrogens with one attached hydrogen (secondary N) is 1. The third kappa shape index (κ3) is 3.89. The first-order valence-corrected chi connectivity index (χ1v) is 11.6. The van der Waals surface area contributed by atoms with E-state index >= 15 is 0 Å². The Morgan fingerprint density at radius 1 is 1.10 bits per heavy atom. The van der Waals surface area contributed by atoms with Crippen molar-refractivity contribution in [3.63, 3.8) is 0 Å². The molecule has 2 aromatic rings. The maximum Gasteiger partial charge on any atom is 0.285 e. The molecule has 0 radical (unpaired) electrons. The number of amidine groups is 1. The lowest BCUT2D eigenvalue weighted by Crippen LogP contribution is -2.50. The van der Waals surface area contributed by atoms with Crippen molar-refractivity contribution >= 4 is 44.7 Å². The molecule has 9 heteroatoms. The lowest BCUT2D eigenvalue weighted by molar-refractivity contribution is -0.134. The van der Waals surface area contributed by atoms with Crippen LogP contribution in [-0.4, -0.2) is 51.2 Å². The number of hydrogen-bond donors (Lipinski definition) is 1. The van der Waals surface area contributed by atoms with Gasteiger partial charge in [0.25, 0.3) is 10.0 Å². The number of benzene rings is 2. The molecule has 2 heterocycles. The van der Waals surface area contributed by atoms with Crippen LogP contribution in [0.15, 0.2) is 51.8 Å². The van der Waals surface area contributed by atoms with E-state index in [1.807, 2.05) is 30.9 Å². The molecule has 7 nitrogen and oxygen atoms in total. The zero-order valence-electron chi connectivity index (χ0n) is 16.8. The molecule has 0 atom stereocenters. The van der Waals surface area contributed by atoms with Crippen LogP contribution in [0.1, 0.15) is 19.4 Å². The fourth-order valence-electron chi connectivity index (χ4n) is 3.71. The summed E-state index contributed by atoms with van der Waals surface area (Å²) >= 11 is 6.53. The molecule has 2 aliphatic heterocycles. The van der Waals surface area contributed by atoms with Crippen LogP contribution in [0.5, 0.6) is 0 Å². The molecule has 2 aliphatic rings. The van der Waals surface area contributed by atoms with Gasteiger partial charge in [0.05, 0.1) is 10.7 Å². The van der Waals surface area contributed by atoms with Gasteiger partial charge < -0.3 is 15.1 Å². The summed E-state index contributed by atoms with van der Waals surface area (Å²) in [6, 6.07) is 12.2. The third-order valence-electron chi connectivity index (χ3n) is 5.27. The molecule has 1 saturated heterocycles. The Kier molecular flexibility index (Phi) is 5.46. The van der Waals surface area contributed by atoms with Crippen LogP contribution in [0.2, 0.25) is 5.02 Å². The molecule has 0 spiro atoms. The van der Waals surface area contributed by atoms with Crippen molar-refractivity contribution in [3.05, 3.63) is 53.1 Å². The van der Waals surface area contributed by atoms with Crippen LogP contribution in [0.25, 0.3) is 0 Å². The van der Waals surface area contributed by atoms with Crippen LogP contribution in [-0.2, 0) is 14.8 Å². The number of sulfonamides is 1. The molecule has 1 N–H and O–H groups in total. The smallest absolute Gasteiger partial charge is 0.285 e. The first-order chi connectivity index (χ1) is 14.3. The number of hydrogen-bond acceptors (Lipinski definition) is 5. The van der Waals surface area contributed by atoms with Gasteiger partial charge in [-0.1, -0.05) is 37.6 Å². The maximum atomic E-state index is 12.2. The first-order valence-electron chi connectivity index (χ1n) is 9.81. The van der Waals surface area contributed by atoms with Crippen LogP contribution in [0, 0.1) is 5.92 Å². The van der Waals surface area contributed by atoms with E-state index in [0.29, 0.717) is 42.5 Å². The number of rotatable bonds is 3. The topological polar surface area (TPSA) is 82.1 Å². The highest BCUT2D eigenvalue weighted by Crippen LogP contribution is 2.32. The van der Waals surface area contributed by atoms with E-state index in [1.54, 1.807) is 30.3 Å². The van der Waals surface area contributed by atoms with Gasteiger partial charge in [0.15, 0.2) is 5.84 Å². The minimum absolute atomic E-state index is 0.00191. The van der Waals surface area contributed by atoms with Gasteiger partial charge >= 0.3 is 0 Å². The second-order valence-electron chi connectivity index (χ2n) is 7.67. The average molecular weight is 447 g/mol. The molecule has 4 rings (SSSR count). The van der Waals surface area contributed by atoms with Crippen molar-refractivity contribution in [2.24, 2.45) is 10.3 Å². The van der Waals surface area contributed by atoms with E-state index < -0.39 is 10.0 Å². The summed E-state index contributed by atoms with van der Waals surface area (Å²) in [5, 5.41) is 3.63. The molecule has 2 aromatic carbocycles. The van der Waals surface area contributed by atoms with Crippen LogP contribution in [0.3, 0.4) is 0 Å². The van der Waals surface area contributed by atoms with Crippen molar-refractivity contribution < 1.29 is 13.2 Å². The summed E-state index contributed by atoms with van der Waals surface area (Å²) in [4.78, 5) is 16.4. The summed E-state index contributed by atoms with van der Waals surface area (Å²) in [6.45, 7) is 6.58. The molecule has 1 amide bonds. The van der Waals surface area contributed by atoms with Crippen LogP contribution >= 0.6 is 11.6 Å². The number of piperazine rings is 1. The summed E-state index contributed by atoms with van der Waals surface area (Å²) in [7, 11) is -3.68. The van der Waals surface area contributed by atoms with Crippen molar-refractivity contribution in [1.82, 2.24) is 4.90 Å². The predicted octanol–water partition coefficient (Wildman–Crippen LogP) is 3.21. The molecule has 1 fully saturated rings. The average Bonchev–Trinajstić information content (AvgIpc) is 2.98. The van der Waals surface area contributed by atoms with Crippen molar-refractivity contribution in [2.75, 3.05) is 36.4 Å². The second kappa shape index (κ2) is 7.92. The number of halogens is 1. The molecule has 0 saturated carbocycles. The molecule has 158 valence electrons. The number of fused-ring (bicyclic) bond motifs is 1. The highest BCUT2D eigenvalue weighted by atomic mass is 35.5. The Hall–Kier alpha value is -2.58. The van der Waals surface area contributed by atoms with Gasteiger partial charge in [-0.05, 0) is 30.3 Å². The number of amides is 1. The van der Waals surface area contributed by atoms with Gasteiger partial charge in [-0.25, -0.2) is 0 Å². The standard InChI is InChI=1S/C21H23ClN4O3S/c1-14(2)21(27)26-11-9-25(10-12-26)18-8-7-15(13-17(18)22)23-20-16-5-3-4-6-19(16)30(28,29)24-20/h3-8,13-14H,9-12H2,1-2H3,(H,23,24). The number of carbonyl (C=O) groups is 1. The zero-order valence-corrected chi connectivity index (χ0v) is 18.4. The molecule has 0 aliphatic carbocycles. The van der Waals surface area contributed by atoms with Gasteiger partial charge in [0.2, 0.25) is 5.91 Å². The van der Waals surface area contributed by atoms with Gasteiger partial charge in [-0.3, -0.25) is 4.79 Å². The molecular formula is C21H23ClN4O3S. The minimum Gasteiger partial charge on any atom is -0.367 e. The van der Waals surface area contributed by atoms with Gasteiger partial charge in [-0.15, -0.1) is 4.40 Å². The quantitative estimate of drug-likeness (QED) is 0.782. The molecule has 0 unspecified atom stereocenters. The Morgan fingerprint density at radius 2 is 1.80 bits per heavy atom. The van der Waals surface area contributed by atoms with Crippen LogP contribution in [0.4, 0.5) is 11.4 Å². The SMILES string of the molecule is CC(C)C(=O)N1CCN(c2ccc(NC3=NS(=O)(=O)c4ccccc43)cc2Cl)CC1. The van der Waals surface area contributed by atoms with E-state index in [9.17, 15) is 13.2 Å². The summed E-state index contributed by atoms with van der Waals surface area (Å²) in [6.07, 6.45) is 0. The van der Waals surface area contributed by atoms with Crippen molar-refractivity contribution in [1.29, 1.82) is 0 Å². The van der Waals surface area contributed by atoms with E-state index in [2.05, 4.69) is 14.6 Å². The maximum absolute atomic E-state index is 12.2. The zero-order chi connectivity index (χ0) is 21.5. The Labute approximate surface area is 181 Å². The van der Waals surface area contributed by atoms with Gasteiger partial charge in [-0.2, -0.15) is 8.42 Å². The molecule has 0 bridgehead atoms. The minimum atomic E-state index is -3.68. The molecular weight excluding hydrogens is 424 g/mol. The Morgan fingerprint density at radius 3 is 2.47 bits per heavy atom. The first kappa shape index (κ1) is 20.7. The number of anilines is 2. The third-order valence-corrected chi connectivity index (χ3v) is 6.91. The Balaban J connectivity index is 1.48. The van der Waals surface area contributed by atoms with E-state index in [0.717, 1.165) is 5.69 Å². The summed E-state index contributed by atoms with van der Waals surface area (Å²) in [5.74, 6) is 0.459. The summed E-state index contributed by atoms with van der Waals surface area (Å²) < 4.78 is 28.3. The molecule has 30 heavy (non-hydrogen) atoms. The Bertz CT molecular complexity index is 1120. The van der Waals surface area contributed by atoms with Gasteiger partial charge in [0.1, 0.15) is 4.90 Å². The van der Waals surface area contributed by atoms with E-state index in [4.69, 9.17) is 11.6 Å². The van der Waals surface area contributed by atoms with Gasteiger partial charge in [0, 0.05) is 43.3 Å². The highest BCUT2D eigenvalue weighted by Gasteiger charge is 2.29. The lowest BCUT2D eigenvalue weighted by Gasteiger charge is -2.37. The lowest BCUT2D eigenvalue weighted by atomic mass is 10.1. The normalized spacial score (nSPS) is 17.7. The van der Waals surface area contributed by atoms with E-state index in [1.165, 1.54) is 0 Å². The predicted molar refractivity (Wildman–Crippen MR) is 119 cm³/mol. The molecule has 0 aromatic heterocycles. The summed E-state index contributed by atoms with van der Waals surface area (Å²) in [5.41, 5.74) is 2.09. The fraction of sp³-hybridized carbons (Fsp3) is 0.333. The van der Waals surface area contributed by atoms with E-state index in [-0.39, 0.29) is 22.6 Å².